The average Bonchev–Trinajstić information content (AvgIpc) is 2.86. The van der Waals surface area contributed by atoms with Gasteiger partial charge in [0.25, 0.3) is 0 Å². The average molecular weight is 476 g/mol. The van der Waals surface area contributed by atoms with Crippen molar-refractivity contribution in [2.75, 3.05) is 33.6 Å². The summed E-state index contributed by atoms with van der Waals surface area (Å²) in [6.07, 6.45) is 0.749. The summed E-state index contributed by atoms with van der Waals surface area (Å²) in [6.45, 7) is 1.52. The number of methoxy groups -OCH3 is 2. The van der Waals surface area contributed by atoms with Gasteiger partial charge in [0, 0.05) is 36.3 Å². The number of carbonyl (C=O) groups excluding carboxylic acids is 1. The number of thioether (sulfide) groups is 1. The Bertz CT molecular complexity index is 1240. The molecule has 0 unspecified atom stereocenters. The zero-order chi connectivity index (χ0) is 24.1. The second-order valence-electron chi connectivity index (χ2n) is 7.83. The van der Waals surface area contributed by atoms with Gasteiger partial charge in [-0.2, -0.15) is 5.26 Å². The van der Waals surface area contributed by atoms with E-state index < -0.39 is 5.97 Å². The Morgan fingerprint density at radius 3 is 2.65 bits per heavy atom. The number of carbonyl (C=O) groups is 1. The quantitative estimate of drug-likeness (QED) is 0.284. The topological polar surface area (TPSA) is 84.7 Å². The van der Waals surface area contributed by atoms with Crippen molar-refractivity contribution in [1.82, 2.24) is 9.88 Å². The number of hydrogen-bond donors (Lipinski definition) is 0. The number of pyridine rings is 1. The molecule has 2 heterocycles. The van der Waals surface area contributed by atoms with Crippen LogP contribution in [0.4, 0.5) is 0 Å². The highest BCUT2D eigenvalue weighted by Gasteiger charge is 2.27. The molecule has 174 valence electrons. The van der Waals surface area contributed by atoms with E-state index in [0.717, 1.165) is 35.3 Å². The first-order valence-electron chi connectivity index (χ1n) is 10.8. The second kappa shape index (κ2) is 10.6. The summed E-state index contributed by atoms with van der Waals surface area (Å²) >= 11 is 1.21. The predicted molar refractivity (Wildman–Crippen MR) is 130 cm³/mol. The summed E-state index contributed by atoms with van der Waals surface area (Å²) in [5.41, 5.74) is 3.87. The number of nitrogens with zero attached hydrogens (tertiary/aromatic N) is 3. The molecule has 0 fully saturated rings. The van der Waals surface area contributed by atoms with Crippen LogP contribution >= 0.6 is 11.8 Å². The number of likely N-dealkylation sites (N-methyl/N-ethyl adjacent to an activating group) is 1. The molecular weight excluding hydrogens is 450 g/mol. The Kier molecular flexibility index (Phi) is 7.36. The molecule has 0 bridgehead atoms. The molecule has 1 aromatic heterocycles. The summed E-state index contributed by atoms with van der Waals surface area (Å²) in [5.74, 6) is 1.41. The van der Waals surface area contributed by atoms with Gasteiger partial charge in [-0.05, 0) is 42.9 Å². The lowest BCUT2D eigenvalue weighted by molar-refractivity contribution is -0.131. The first-order chi connectivity index (χ1) is 16.5. The number of hydrogen-bond acceptors (Lipinski definition) is 8. The number of esters is 1. The molecule has 0 atom stereocenters. The van der Waals surface area contributed by atoms with Crippen LogP contribution < -0.4 is 14.2 Å². The molecule has 1 aliphatic rings. The normalized spacial score (nSPS) is 13.0. The van der Waals surface area contributed by atoms with Gasteiger partial charge in [-0.15, -0.1) is 0 Å². The van der Waals surface area contributed by atoms with E-state index in [1.807, 2.05) is 31.3 Å². The summed E-state index contributed by atoms with van der Waals surface area (Å²) in [7, 11) is 5.25. The zero-order valence-corrected chi connectivity index (χ0v) is 20.1. The fourth-order valence-electron chi connectivity index (χ4n) is 3.96. The van der Waals surface area contributed by atoms with E-state index in [-0.39, 0.29) is 5.75 Å². The van der Waals surface area contributed by atoms with Crippen molar-refractivity contribution in [3.8, 4) is 34.4 Å². The predicted octanol–water partition coefficient (Wildman–Crippen LogP) is 4.32. The highest BCUT2D eigenvalue weighted by atomic mass is 32.2. The third-order valence-electron chi connectivity index (χ3n) is 5.60. The maximum Gasteiger partial charge on any atom is 0.321 e. The van der Waals surface area contributed by atoms with Crippen molar-refractivity contribution in [2.45, 2.75) is 18.0 Å². The fourth-order valence-corrected chi connectivity index (χ4v) is 4.74. The van der Waals surface area contributed by atoms with Gasteiger partial charge in [-0.25, -0.2) is 4.98 Å². The largest absolute Gasteiger partial charge is 0.497 e. The van der Waals surface area contributed by atoms with Crippen molar-refractivity contribution in [3.63, 3.8) is 0 Å². The molecule has 1 aliphatic heterocycles. The van der Waals surface area contributed by atoms with Crippen molar-refractivity contribution in [3.05, 3.63) is 65.4 Å². The number of benzene rings is 2. The summed E-state index contributed by atoms with van der Waals surface area (Å²) in [4.78, 5) is 19.5. The van der Waals surface area contributed by atoms with E-state index in [4.69, 9.17) is 19.2 Å². The van der Waals surface area contributed by atoms with Crippen LogP contribution in [0.1, 0.15) is 16.8 Å². The van der Waals surface area contributed by atoms with Crippen LogP contribution in [0.3, 0.4) is 0 Å². The van der Waals surface area contributed by atoms with Crippen molar-refractivity contribution in [2.24, 2.45) is 0 Å². The monoisotopic (exact) mass is 475 g/mol. The first kappa shape index (κ1) is 23.6. The van der Waals surface area contributed by atoms with E-state index in [0.29, 0.717) is 34.4 Å². The Labute approximate surface area is 203 Å². The highest BCUT2D eigenvalue weighted by molar-refractivity contribution is 7.99. The molecule has 2 aromatic carbocycles. The molecule has 34 heavy (non-hydrogen) atoms. The van der Waals surface area contributed by atoms with Crippen molar-refractivity contribution >= 4 is 17.7 Å². The molecule has 7 nitrogen and oxygen atoms in total. The van der Waals surface area contributed by atoms with Gasteiger partial charge >= 0.3 is 5.97 Å². The summed E-state index contributed by atoms with van der Waals surface area (Å²) < 4.78 is 16.5. The Balaban J connectivity index is 1.76. The van der Waals surface area contributed by atoms with Crippen LogP contribution in [0.5, 0.6) is 17.2 Å². The smallest absolute Gasteiger partial charge is 0.321 e. The van der Waals surface area contributed by atoms with Crippen LogP contribution in [0, 0.1) is 11.3 Å². The molecule has 0 saturated carbocycles. The molecule has 0 radical (unpaired) electrons. The summed E-state index contributed by atoms with van der Waals surface area (Å²) in [6, 6.07) is 16.8. The molecule has 4 rings (SSSR count). The molecule has 8 heteroatoms. The third kappa shape index (κ3) is 5.01. The van der Waals surface area contributed by atoms with Crippen molar-refractivity contribution in [1.29, 1.82) is 5.26 Å². The first-order valence-corrected chi connectivity index (χ1v) is 11.8. The number of ether oxygens (including phenoxy) is 3. The van der Waals surface area contributed by atoms with E-state index in [1.54, 1.807) is 38.5 Å². The lowest BCUT2D eigenvalue weighted by atomic mass is 9.91. The minimum Gasteiger partial charge on any atom is -0.497 e. The number of aromatic nitrogens is 1. The minimum atomic E-state index is -0.403. The molecular formula is C26H25N3O4S. The van der Waals surface area contributed by atoms with Crippen LogP contribution in [0.2, 0.25) is 0 Å². The van der Waals surface area contributed by atoms with E-state index >= 15 is 0 Å². The molecule has 0 aliphatic carbocycles. The highest BCUT2D eigenvalue weighted by Crippen LogP contribution is 2.42. The Morgan fingerprint density at radius 1 is 1.15 bits per heavy atom. The van der Waals surface area contributed by atoms with Crippen molar-refractivity contribution < 1.29 is 19.0 Å². The van der Waals surface area contributed by atoms with Gasteiger partial charge in [-0.3, -0.25) is 4.79 Å². The Morgan fingerprint density at radius 2 is 1.94 bits per heavy atom. The molecule has 0 spiro atoms. The van der Waals surface area contributed by atoms with E-state index in [1.165, 1.54) is 11.8 Å². The number of para-hydroxylation sites is 1. The lowest BCUT2D eigenvalue weighted by Gasteiger charge is -2.28. The summed E-state index contributed by atoms with van der Waals surface area (Å²) in [5, 5.41) is 10.7. The van der Waals surface area contributed by atoms with E-state index in [9.17, 15) is 10.1 Å². The number of nitriles is 1. The Hall–Kier alpha value is -3.54. The number of rotatable bonds is 7. The van der Waals surface area contributed by atoms with Gasteiger partial charge in [0.2, 0.25) is 0 Å². The van der Waals surface area contributed by atoms with Gasteiger partial charge in [0.1, 0.15) is 28.3 Å². The van der Waals surface area contributed by atoms with Gasteiger partial charge in [0.05, 0.1) is 25.5 Å². The zero-order valence-electron chi connectivity index (χ0n) is 19.3. The van der Waals surface area contributed by atoms with Crippen LogP contribution in [0.25, 0.3) is 11.1 Å². The standard InChI is InChI=1S/C26H25N3O4S/c1-29-12-11-22-21(15-29)25(19-13-18(31-2)9-10-23(19)32-3)20(14-27)26(28-22)34-16-24(30)33-17-7-5-4-6-8-17/h4-10,13H,11-12,15-16H2,1-3H3. The molecule has 0 N–H and O–H groups in total. The van der Waals surface area contributed by atoms with Gasteiger partial charge in [0.15, 0.2) is 0 Å². The van der Waals surface area contributed by atoms with Crippen LogP contribution in [0.15, 0.2) is 53.6 Å². The molecule has 0 saturated heterocycles. The third-order valence-corrected chi connectivity index (χ3v) is 6.55. The maximum absolute atomic E-state index is 12.5. The maximum atomic E-state index is 12.5. The fraction of sp³-hybridized carbons (Fsp3) is 0.269. The molecule has 3 aromatic rings. The van der Waals surface area contributed by atoms with Gasteiger partial charge < -0.3 is 19.1 Å². The second-order valence-corrected chi connectivity index (χ2v) is 8.80. The SMILES string of the molecule is COc1ccc(OC)c(-c2c(C#N)c(SCC(=O)Oc3ccccc3)nc3c2CN(C)CC3)c1. The van der Waals surface area contributed by atoms with Crippen LogP contribution in [-0.4, -0.2) is 49.4 Å². The van der Waals surface area contributed by atoms with Crippen LogP contribution in [-0.2, 0) is 17.8 Å². The minimum absolute atomic E-state index is 0.0317. The number of fused-ring (bicyclic) bond motifs is 1. The van der Waals surface area contributed by atoms with E-state index in [2.05, 4.69) is 11.0 Å². The lowest BCUT2D eigenvalue weighted by Crippen LogP contribution is -2.28. The molecule has 0 amide bonds. The van der Waals surface area contributed by atoms with Gasteiger partial charge in [-0.1, -0.05) is 30.0 Å².